The minimum absolute atomic E-state index is 0.266. The Morgan fingerprint density at radius 2 is 1.89 bits per heavy atom. The van der Waals surface area contributed by atoms with Crippen LogP contribution in [0.3, 0.4) is 0 Å². The molecule has 0 atom stereocenters. The van der Waals surface area contributed by atoms with Crippen molar-refractivity contribution >= 4 is 30.9 Å². The first kappa shape index (κ1) is 13.0. The molecule has 0 saturated carbocycles. The Kier molecular flexibility index (Phi) is 3.28. The quantitative estimate of drug-likeness (QED) is 0.801. The number of benzene rings is 1. The van der Waals surface area contributed by atoms with Gasteiger partial charge in [-0.2, -0.15) is 12.7 Å². The Morgan fingerprint density at radius 1 is 1.21 bits per heavy atom. The number of halogens is 1. The second-order valence-electron chi connectivity index (χ2n) is 4.80. The molecule has 102 valence electrons. The zero-order valence-corrected chi connectivity index (χ0v) is 11.8. The number of hydrogen-bond donors (Lipinski definition) is 0. The smallest absolute Gasteiger partial charge is 0.299 e. The lowest BCUT2D eigenvalue weighted by molar-refractivity contribution is 0.303. The van der Waals surface area contributed by atoms with Gasteiger partial charge in [0.25, 0.3) is 9.24 Å². The molecule has 4 nitrogen and oxygen atoms in total. The maximum absolute atomic E-state index is 11.2. The molecule has 19 heavy (non-hydrogen) atoms. The van der Waals surface area contributed by atoms with Crippen LogP contribution in [-0.4, -0.2) is 25.8 Å². The van der Waals surface area contributed by atoms with Gasteiger partial charge in [-0.05, 0) is 25.0 Å². The summed E-state index contributed by atoms with van der Waals surface area (Å²) in [5, 5.41) is 1.09. The van der Waals surface area contributed by atoms with Gasteiger partial charge in [-0.15, -0.1) is 0 Å². The lowest BCUT2D eigenvalue weighted by atomic mass is 9.95. The Hall–Kier alpha value is -1.04. The van der Waals surface area contributed by atoms with Crippen molar-refractivity contribution in [1.29, 1.82) is 0 Å². The molecule has 0 unspecified atom stereocenters. The van der Waals surface area contributed by atoms with Crippen LogP contribution in [0.1, 0.15) is 24.5 Å². The van der Waals surface area contributed by atoms with E-state index in [1.54, 1.807) is 0 Å². The van der Waals surface area contributed by atoms with Crippen LogP contribution in [0.5, 0.6) is 0 Å². The van der Waals surface area contributed by atoms with E-state index in [-0.39, 0.29) is 5.92 Å². The van der Waals surface area contributed by atoms with Crippen LogP contribution in [0.2, 0.25) is 0 Å². The first-order valence-corrected chi connectivity index (χ1v) is 8.49. The molecule has 1 aliphatic heterocycles. The third-order valence-corrected chi connectivity index (χ3v) is 5.18. The van der Waals surface area contributed by atoms with E-state index in [1.807, 2.05) is 30.3 Å². The Bertz CT molecular complexity index is 654. The van der Waals surface area contributed by atoms with Crippen LogP contribution >= 0.6 is 10.7 Å². The number of fused-ring (bicyclic) bond motifs is 1. The molecular formula is C13H14ClNO3S. The molecule has 1 aromatic carbocycles. The van der Waals surface area contributed by atoms with E-state index in [9.17, 15) is 8.42 Å². The minimum atomic E-state index is -3.58. The maximum atomic E-state index is 11.2. The molecule has 0 amide bonds. The second kappa shape index (κ2) is 4.81. The lowest BCUT2D eigenvalue weighted by Crippen LogP contribution is -2.35. The largest absolute Gasteiger partial charge is 0.461 e. The highest BCUT2D eigenvalue weighted by Gasteiger charge is 2.28. The van der Waals surface area contributed by atoms with E-state index >= 15 is 0 Å². The van der Waals surface area contributed by atoms with Crippen molar-refractivity contribution in [3.05, 3.63) is 36.1 Å². The van der Waals surface area contributed by atoms with E-state index in [1.165, 1.54) is 4.31 Å². The molecule has 0 aliphatic carbocycles. The summed E-state index contributed by atoms with van der Waals surface area (Å²) in [4.78, 5) is 0. The van der Waals surface area contributed by atoms with E-state index < -0.39 is 9.24 Å². The third-order valence-electron chi connectivity index (χ3n) is 3.61. The highest BCUT2D eigenvalue weighted by Crippen LogP contribution is 2.33. The van der Waals surface area contributed by atoms with Gasteiger partial charge in [-0.25, -0.2) is 0 Å². The molecule has 0 spiro atoms. The molecule has 2 heterocycles. The number of nitrogens with zero attached hydrogens (tertiary/aromatic N) is 1. The van der Waals surface area contributed by atoms with Crippen LogP contribution in [-0.2, 0) is 9.24 Å². The molecule has 3 rings (SSSR count). The number of rotatable bonds is 2. The number of furan rings is 1. The summed E-state index contributed by atoms with van der Waals surface area (Å²) in [5.41, 5.74) is 0.880. The Labute approximate surface area is 116 Å². The molecule has 1 fully saturated rings. The minimum Gasteiger partial charge on any atom is -0.461 e. The van der Waals surface area contributed by atoms with Crippen molar-refractivity contribution in [2.75, 3.05) is 13.1 Å². The lowest BCUT2D eigenvalue weighted by Gasteiger charge is -2.27. The molecule has 0 N–H and O–H groups in total. The zero-order valence-electron chi connectivity index (χ0n) is 10.3. The van der Waals surface area contributed by atoms with E-state index in [0.29, 0.717) is 13.1 Å². The number of piperidine rings is 1. The topological polar surface area (TPSA) is 50.5 Å². The van der Waals surface area contributed by atoms with Gasteiger partial charge in [0.2, 0.25) is 0 Å². The van der Waals surface area contributed by atoms with Gasteiger partial charge < -0.3 is 4.42 Å². The maximum Gasteiger partial charge on any atom is 0.299 e. The molecule has 1 aliphatic rings. The number of hydrogen-bond acceptors (Lipinski definition) is 3. The van der Waals surface area contributed by atoms with Crippen LogP contribution < -0.4 is 0 Å². The van der Waals surface area contributed by atoms with E-state index in [4.69, 9.17) is 15.1 Å². The molecule has 1 aromatic heterocycles. The molecule has 0 bridgehead atoms. The van der Waals surface area contributed by atoms with Crippen molar-refractivity contribution in [2.45, 2.75) is 18.8 Å². The highest BCUT2D eigenvalue weighted by atomic mass is 35.7. The van der Waals surface area contributed by atoms with Gasteiger partial charge in [0.15, 0.2) is 0 Å². The first-order chi connectivity index (χ1) is 9.04. The van der Waals surface area contributed by atoms with Crippen LogP contribution in [0.4, 0.5) is 0 Å². The highest BCUT2D eigenvalue weighted by molar-refractivity contribution is 8.11. The normalized spacial score (nSPS) is 19.0. The van der Waals surface area contributed by atoms with Gasteiger partial charge in [0, 0.05) is 35.1 Å². The monoisotopic (exact) mass is 299 g/mol. The number of para-hydroxylation sites is 1. The zero-order chi connectivity index (χ0) is 13.5. The fourth-order valence-corrected chi connectivity index (χ4v) is 3.62. The van der Waals surface area contributed by atoms with Crippen molar-refractivity contribution in [3.8, 4) is 0 Å². The summed E-state index contributed by atoms with van der Waals surface area (Å²) in [5.74, 6) is 1.20. The molecule has 0 radical (unpaired) electrons. The van der Waals surface area contributed by atoms with Crippen LogP contribution in [0.15, 0.2) is 34.7 Å². The van der Waals surface area contributed by atoms with Crippen LogP contribution in [0.25, 0.3) is 11.0 Å². The molecule has 6 heteroatoms. The van der Waals surface area contributed by atoms with Crippen molar-refractivity contribution in [2.24, 2.45) is 0 Å². The fraction of sp³-hybridized carbons (Fsp3) is 0.385. The van der Waals surface area contributed by atoms with Gasteiger partial charge in [0.05, 0.1) is 0 Å². The summed E-state index contributed by atoms with van der Waals surface area (Å²) in [6.07, 6.45) is 1.48. The summed E-state index contributed by atoms with van der Waals surface area (Å²) < 4.78 is 29.6. The Morgan fingerprint density at radius 3 is 2.53 bits per heavy atom. The van der Waals surface area contributed by atoms with Gasteiger partial charge in [-0.1, -0.05) is 18.2 Å². The summed E-state index contributed by atoms with van der Waals surface area (Å²) in [7, 11) is 1.76. The van der Waals surface area contributed by atoms with E-state index in [0.717, 1.165) is 29.6 Å². The predicted octanol–water partition coefficient (Wildman–Crippen LogP) is 3.10. The SMILES string of the molecule is O=S(=O)(Cl)N1CCC(c2cc3ccccc3o2)CC1. The standard InChI is InChI=1S/C13H14ClNO3S/c14-19(16,17)15-7-5-10(6-8-15)13-9-11-3-1-2-4-12(11)18-13/h1-4,9-10H,5-8H2. The molecule has 2 aromatic rings. The average Bonchev–Trinajstić information content (AvgIpc) is 2.81. The van der Waals surface area contributed by atoms with Crippen molar-refractivity contribution in [1.82, 2.24) is 4.31 Å². The summed E-state index contributed by atoms with van der Waals surface area (Å²) in [6, 6.07) is 9.92. The van der Waals surface area contributed by atoms with Crippen molar-refractivity contribution in [3.63, 3.8) is 0 Å². The van der Waals surface area contributed by atoms with Gasteiger partial charge >= 0.3 is 0 Å². The molecule has 1 saturated heterocycles. The van der Waals surface area contributed by atoms with Crippen LogP contribution in [0, 0.1) is 0 Å². The van der Waals surface area contributed by atoms with Gasteiger partial charge in [0.1, 0.15) is 11.3 Å². The Balaban J connectivity index is 1.78. The fourth-order valence-electron chi connectivity index (χ4n) is 2.56. The van der Waals surface area contributed by atoms with E-state index in [2.05, 4.69) is 0 Å². The van der Waals surface area contributed by atoms with Crippen molar-refractivity contribution < 1.29 is 12.8 Å². The second-order valence-corrected chi connectivity index (χ2v) is 7.31. The predicted molar refractivity (Wildman–Crippen MR) is 74.5 cm³/mol. The van der Waals surface area contributed by atoms with Gasteiger partial charge in [-0.3, -0.25) is 0 Å². The third kappa shape index (κ3) is 2.63. The summed E-state index contributed by atoms with van der Waals surface area (Å²) >= 11 is 0. The molecular weight excluding hydrogens is 286 g/mol. The first-order valence-electron chi connectivity index (χ1n) is 6.22. The summed E-state index contributed by atoms with van der Waals surface area (Å²) in [6.45, 7) is 0.904. The average molecular weight is 300 g/mol.